The minimum Gasteiger partial charge on any atom is -0.451 e. The fraction of sp³-hybridized carbons (Fsp3) is 0.118. The quantitative estimate of drug-likeness (QED) is 0.706. The number of carbonyl (C=O) groups is 1. The summed E-state index contributed by atoms with van der Waals surface area (Å²) in [5.41, 5.74) is 3.60. The number of furan rings is 1. The second-order valence-electron chi connectivity index (χ2n) is 5.07. The number of fused-ring (bicyclic) bond motifs is 1. The van der Waals surface area contributed by atoms with E-state index in [2.05, 4.69) is 21.2 Å². The molecule has 3 rings (SSSR count). The molecule has 0 fully saturated rings. The number of hydrogen-bond acceptors (Lipinski definition) is 2. The number of hydrogen-bond donors (Lipinski definition) is 1. The maximum absolute atomic E-state index is 12.3. The van der Waals surface area contributed by atoms with Crippen molar-refractivity contribution in [1.29, 1.82) is 0 Å². The number of halogens is 1. The van der Waals surface area contributed by atoms with E-state index in [0.717, 1.165) is 32.3 Å². The zero-order chi connectivity index (χ0) is 15.0. The predicted octanol–water partition coefficient (Wildman–Crippen LogP) is 5.06. The van der Waals surface area contributed by atoms with Crippen LogP contribution in [0.2, 0.25) is 0 Å². The molecule has 21 heavy (non-hydrogen) atoms. The van der Waals surface area contributed by atoms with Gasteiger partial charge in [0, 0.05) is 15.5 Å². The Bertz CT molecular complexity index is 836. The molecule has 0 aliphatic carbocycles. The lowest BCUT2D eigenvalue weighted by molar-refractivity contribution is 0.0998. The number of carbonyl (C=O) groups excluding carboxylic acids is 1. The Balaban J connectivity index is 1.89. The molecule has 0 unspecified atom stereocenters. The largest absolute Gasteiger partial charge is 0.451 e. The number of benzene rings is 2. The number of nitrogens with one attached hydrogen (secondary N) is 1. The number of anilines is 1. The highest BCUT2D eigenvalue weighted by Crippen LogP contribution is 2.23. The highest BCUT2D eigenvalue weighted by molar-refractivity contribution is 9.10. The summed E-state index contributed by atoms with van der Waals surface area (Å²) in [5.74, 6) is 0.0761. The molecule has 0 aliphatic rings. The first-order valence-electron chi connectivity index (χ1n) is 6.60. The Hall–Kier alpha value is -2.07. The summed E-state index contributed by atoms with van der Waals surface area (Å²) in [4.78, 5) is 12.3. The van der Waals surface area contributed by atoms with Crippen LogP contribution in [0.25, 0.3) is 11.0 Å². The van der Waals surface area contributed by atoms with Crippen molar-refractivity contribution in [3.8, 4) is 0 Å². The van der Waals surface area contributed by atoms with Crippen LogP contribution >= 0.6 is 15.9 Å². The number of aryl methyl sites for hydroxylation is 2. The summed E-state index contributed by atoms with van der Waals surface area (Å²) < 4.78 is 6.61. The first-order valence-corrected chi connectivity index (χ1v) is 7.40. The molecule has 1 aromatic heterocycles. The van der Waals surface area contributed by atoms with Gasteiger partial charge in [-0.2, -0.15) is 0 Å². The summed E-state index contributed by atoms with van der Waals surface area (Å²) in [5, 5.41) is 3.80. The number of amides is 1. The lowest BCUT2D eigenvalue weighted by Crippen LogP contribution is -2.11. The van der Waals surface area contributed by atoms with Gasteiger partial charge in [0.25, 0.3) is 5.91 Å². The Morgan fingerprint density at radius 1 is 1.10 bits per heavy atom. The van der Waals surface area contributed by atoms with Crippen LogP contribution < -0.4 is 5.32 Å². The maximum Gasteiger partial charge on any atom is 0.291 e. The summed E-state index contributed by atoms with van der Waals surface area (Å²) in [6.07, 6.45) is 0. The molecule has 1 N–H and O–H groups in total. The van der Waals surface area contributed by atoms with Crippen LogP contribution in [0.5, 0.6) is 0 Å². The average molecular weight is 344 g/mol. The molecule has 0 saturated heterocycles. The van der Waals surface area contributed by atoms with Crippen molar-refractivity contribution in [2.45, 2.75) is 13.8 Å². The molecule has 0 bridgehead atoms. The smallest absolute Gasteiger partial charge is 0.291 e. The van der Waals surface area contributed by atoms with E-state index in [4.69, 9.17) is 4.42 Å². The average Bonchev–Trinajstić information content (AvgIpc) is 2.85. The van der Waals surface area contributed by atoms with Gasteiger partial charge in [0.15, 0.2) is 5.76 Å². The Kier molecular flexibility index (Phi) is 3.55. The van der Waals surface area contributed by atoms with Crippen molar-refractivity contribution in [2.75, 3.05) is 5.32 Å². The fourth-order valence-corrected chi connectivity index (χ4v) is 2.68. The zero-order valence-electron chi connectivity index (χ0n) is 11.7. The van der Waals surface area contributed by atoms with Crippen LogP contribution in [0.1, 0.15) is 21.7 Å². The summed E-state index contributed by atoms with van der Waals surface area (Å²) in [6.45, 7) is 3.94. The van der Waals surface area contributed by atoms with Crippen LogP contribution in [0.3, 0.4) is 0 Å². The van der Waals surface area contributed by atoms with E-state index < -0.39 is 0 Å². The van der Waals surface area contributed by atoms with E-state index in [1.807, 2.05) is 50.2 Å². The molecule has 0 aliphatic heterocycles. The first-order chi connectivity index (χ1) is 10.0. The topological polar surface area (TPSA) is 42.2 Å². The molecular weight excluding hydrogens is 330 g/mol. The van der Waals surface area contributed by atoms with Crippen LogP contribution in [-0.4, -0.2) is 5.91 Å². The molecule has 2 aromatic carbocycles. The van der Waals surface area contributed by atoms with Gasteiger partial charge in [-0.05, 0) is 55.3 Å². The van der Waals surface area contributed by atoms with Gasteiger partial charge in [-0.25, -0.2) is 0 Å². The summed E-state index contributed by atoms with van der Waals surface area (Å²) in [6, 6.07) is 13.4. The van der Waals surface area contributed by atoms with Crippen LogP contribution in [0.4, 0.5) is 5.69 Å². The Morgan fingerprint density at radius 2 is 1.90 bits per heavy atom. The minimum atomic E-state index is -0.241. The molecule has 3 nitrogen and oxygen atoms in total. The maximum atomic E-state index is 12.3. The molecule has 1 heterocycles. The predicted molar refractivity (Wildman–Crippen MR) is 87.8 cm³/mol. The van der Waals surface area contributed by atoms with Crippen molar-refractivity contribution >= 4 is 38.5 Å². The normalized spacial score (nSPS) is 10.8. The van der Waals surface area contributed by atoms with Gasteiger partial charge in [0.05, 0.1) is 0 Å². The molecule has 0 saturated carbocycles. The second-order valence-corrected chi connectivity index (χ2v) is 5.98. The molecule has 106 valence electrons. The number of rotatable bonds is 2. The van der Waals surface area contributed by atoms with Gasteiger partial charge in [0.1, 0.15) is 5.58 Å². The van der Waals surface area contributed by atoms with Gasteiger partial charge in [-0.1, -0.05) is 28.1 Å². The van der Waals surface area contributed by atoms with E-state index in [0.29, 0.717) is 5.76 Å². The van der Waals surface area contributed by atoms with Crippen molar-refractivity contribution in [2.24, 2.45) is 0 Å². The standard InChI is InChI=1S/C17H14BrNO2/c1-10-3-4-12-9-16(21-15(12)7-10)17(20)19-14-6-5-13(18)8-11(14)2/h3-9H,1-2H3,(H,19,20). The first kappa shape index (κ1) is 13.9. The Morgan fingerprint density at radius 3 is 2.67 bits per heavy atom. The zero-order valence-corrected chi connectivity index (χ0v) is 13.3. The monoisotopic (exact) mass is 343 g/mol. The summed E-state index contributed by atoms with van der Waals surface area (Å²) >= 11 is 3.41. The molecule has 0 spiro atoms. The third kappa shape index (κ3) is 2.85. The molecule has 1 amide bonds. The molecular formula is C17H14BrNO2. The van der Waals surface area contributed by atoms with E-state index in [-0.39, 0.29) is 5.91 Å². The van der Waals surface area contributed by atoms with E-state index >= 15 is 0 Å². The fourth-order valence-electron chi connectivity index (χ4n) is 2.20. The molecule has 0 radical (unpaired) electrons. The van der Waals surface area contributed by atoms with Crippen molar-refractivity contribution in [3.05, 3.63) is 63.8 Å². The highest BCUT2D eigenvalue weighted by Gasteiger charge is 2.13. The minimum absolute atomic E-state index is 0.241. The van der Waals surface area contributed by atoms with E-state index in [9.17, 15) is 4.79 Å². The van der Waals surface area contributed by atoms with E-state index in [1.165, 1.54) is 0 Å². The SMILES string of the molecule is Cc1ccc2cc(C(=O)Nc3ccc(Br)cc3C)oc2c1. The van der Waals surface area contributed by atoms with Gasteiger partial charge in [-0.15, -0.1) is 0 Å². The van der Waals surface area contributed by atoms with Crippen molar-refractivity contribution in [3.63, 3.8) is 0 Å². The van der Waals surface area contributed by atoms with Crippen LogP contribution in [-0.2, 0) is 0 Å². The van der Waals surface area contributed by atoms with Gasteiger partial charge in [0.2, 0.25) is 0 Å². The molecule has 4 heteroatoms. The van der Waals surface area contributed by atoms with Crippen LogP contribution in [0.15, 0.2) is 51.4 Å². The van der Waals surface area contributed by atoms with E-state index in [1.54, 1.807) is 6.07 Å². The lowest BCUT2D eigenvalue weighted by Gasteiger charge is -2.07. The highest BCUT2D eigenvalue weighted by atomic mass is 79.9. The van der Waals surface area contributed by atoms with Crippen molar-refractivity contribution in [1.82, 2.24) is 0 Å². The molecule has 3 aromatic rings. The molecule has 0 atom stereocenters. The van der Waals surface area contributed by atoms with Crippen LogP contribution in [0, 0.1) is 13.8 Å². The van der Waals surface area contributed by atoms with Gasteiger partial charge >= 0.3 is 0 Å². The van der Waals surface area contributed by atoms with Gasteiger partial charge in [-0.3, -0.25) is 4.79 Å². The van der Waals surface area contributed by atoms with Gasteiger partial charge < -0.3 is 9.73 Å². The summed E-state index contributed by atoms with van der Waals surface area (Å²) in [7, 11) is 0. The lowest BCUT2D eigenvalue weighted by atomic mass is 10.2. The van der Waals surface area contributed by atoms with Crippen molar-refractivity contribution < 1.29 is 9.21 Å². The third-order valence-electron chi connectivity index (χ3n) is 3.34. The third-order valence-corrected chi connectivity index (χ3v) is 3.83. The Labute approximate surface area is 131 Å². The second kappa shape index (κ2) is 5.37.